The van der Waals surface area contributed by atoms with Crippen LogP contribution in [0.25, 0.3) is 0 Å². The van der Waals surface area contributed by atoms with E-state index in [2.05, 4.69) is 10.6 Å². The fourth-order valence-corrected chi connectivity index (χ4v) is 2.29. The molecule has 0 aliphatic carbocycles. The molecule has 4 nitrogen and oxygen atoms in total. The van der Waals surface area contributed by atoms with Gasteiger partial charge in [-0.3, -0.25) is 9.59 Å². The number of amides is 2. The number of hydrogen-bond donors (Lipinski definition) is 2. The highest BCUT2D eigenvalue weighted by Gasteiger charge is 2.22. The molecule has 0 bridgehead atoms. The van der Waals surface area contributed by atoms with Crippen LogP contribution in [0.4, 0.5) is 4.39 Å². The van der Waals surface area contributed by atoms with E-state index in [4.69, 9.17) is 0 Å². The van der Waals surface area contributed by atoms with Gasteiger partial charge in [0.25, 0.3) is 0 Å². The molecule has 0 aromatic heterocycles. The van der Waals surface area contributed by atoms with Crippen molar-refractivity contribution in [2.75, 3.05) is 6.54 Å². The quantitative estimate of drug-likeness (QED) is 0.878. The molecule has 1 aliphatic rings. The Morgan fingerprint density at radius 3 is 2.95 bits per heavy atom. The van der Waals surface area contributed by atoms with Crippen LogP contribution < -0.4 is 10.6 Å². The molecule has 2 N–H and O–H groups in total. The Kier molecular flexibility index (Phi) is 5.09. The van der Waals surface area contributed by atoms with E-state index in [1.807, 2.05) is 0 Å². The number of carbonyl (C=O) groups excluding carboxylic acids is 2. The topological polar surface area (TPSA) is 58.2 Å². The van der Waals surface area contributed by atoms with Crippen LogP contribution in [0.1, 0.15) is 31.2 Å². The lowest BCUT2D eigenvalue weighted by Crippen LogP contribution is -2.45. The Morgan fingerprint density at radius 1 is 1.35 bits per heavy atom. The van der Waals surface area contributed by atoms with Gasteiger partial charge in [-0.2, -0.15) is 0 Å². The number of hydrogen-bond acceptors (Lipinski definition) is 2. The van der Waals surface area contributed by atoms with Crippen LogP contribution in [0, 0.1) is 5.82 Å². The van der Waals surface area contributed by atoms with E-state index in [-0.39, 0.29) is 24.1 Å². The van der Waals surface area contributed by atoms with Gasteiger partial charge in [-0.15, -0.1) is 0 Å². The summed E-state index contributed by atoms with van der Waals surface area (Å²) in [6.07, 6.45) is 3.04. The average Bonchev–Trinajstić information content (AvgIpc) is 2.63. The van der Waals surface area contributed by atoms with Gasteiger partial charge in [-0.05, 0) is 37.3 Å². The van der Waals surface area contributed by atoms with E-state index >= 15 is 0 Å². The van der Waals surface area contributed by atoms with Crippen LogP contribution in [0.3, 0.4) is 0 Å². The summed E-state index contributed by atoms with van der Waals surface area (Å²) in [7, 11) is 0. The summed E-state index contributed by atoms with van der Waals surface area (Å²) in [5.74, 6) is -0.635. The molecule has 1 aromatic carbocycles. The maximum absolute atomic E-state index is 13.4. The lowest BCUT2D eigenvalue weighted by atomic mass is 10.1. The molecule has 20 heavy (non-hydrogen) atoms. The fraction of sp³-hybridized carbons (Fsp3) is 0.467. The molecule has 2 rings (SSSR count). The van der Waals surface area contributed by atoms with Crippen LogP contribution in [0.5, 0.6) is 0 Å². The highest BCUT2D eigenvalue weighted by Crippen LogP contribution is 2.10. The molecular weight excluding hydrogens is 259 g/mol. The highest BCUT2D eigenvalue weighted by molar-refractivity contribution is 5.87. The minimum Gasteiger partial charge on any atom is -0.354 e. The van der Waals surface area contributed by atoms with Crippen molar-refractivity contribution in [3.8, 4) is 0 Å². The molecule has 0 spiro atoms. The third-order valence-corrected chi connectivity index (χ3v) is 3.45. The van der Waals surface area contributed by atoms with Crippen LogP contribution in [-0.2, 0) is 16.0 Å². The highest BCUT2D eigenvalue weighted by atomic mass is 19.1. The first kappa shape index (κ1) is 14.5. The van der Waals surface area contributed by atoms with Crippen molar-refractivity contribution < 1.29 is 14.0 Å². The molecule has 2 amide bonds. The van der Waals surface area contributed by atoms with Crippen LogP contribution >= 0.6 is 0 Å². The van der Waals surface area contributed by atoms with Crippen molar-refractivity contribution in [2.45, 2.75) is 38.1 Å². The van der Waals surface area contributed by atoms with Crippen LogP contribution in [-0.4, -0.2) is 24.4 Å². The number of rotatable bonds is 4. The van der Waals surface area contributed by atoms with Crippen LogP contribution in [0.15, 0.2) is 24.3 Å². The third kappa shape index (κ3) is 4.05. The number of aryl methyl sites for hydroxylation is 1. The van der Waals surface area contributed by atoms with E-state index < -0.39 is 6.04 Å². The number of nitrogens with one attached hydrogen (secondary N) is 2. The second-order valence-corrected chi connectivity index (χ2v) is 5.00. The lowest BCUT2D eigenvalue weighted by Gasteiger charge is -2.15. The third-order valence-electron chi connectivity index (χ3n) is 3.45. The van der Waals surface area contributed by atoms with Gasteiger partial charge in [0.1, 0.15) is 11.9 Å². The first-order valence-electron chi connectivity index (χ1n) is 6.97. The second-order valence-electron chi connectivity index (χ2n) is 5.00. The Morgan fingerprint density at radius 2 is 2.15 bits per heavy atom. The summed E-state index contributed by atoms with van der Waals surface area (Å²) in [4.78, 5) is 23.5. The van der Waals surface area contributed by atoms with E-state index in [9.17, 15) is 14.0 Å². The number of halogens is 1. The second kappa shape index (κ2) is 7.03. The maximum atomic E-state index is 13.4. The van der Waals surface area contributed by atoms with Crippen molar-refractivity contribution >= 4 is 11.8 Å². The molecule has 0 radical (unpaired) electrons. The van der Waals surface area contributed by atoms with Gasteiger partial charge in [0.15, 0.2) is 0 Å². The smallest absolute Gasteiger partial charge is 0.242 e. The van der Waals surface area contributed by atoms with Gasteiger partial charge in [-0.25, -0.2) is 4.39 Å². The normalized spacial score (nSPS) is 19.1. The van der Waals surface area contributed by atoms with Gasteiger partial charge in [0.05, 0.1) is 0 Å². The first-order valence-corrected chi connectivity index (χ1v) is 6.97. The number of benzene rings is 1. The molecule has 1 atom stereocenters. The summed E-state index contributed by atoms with van der Waals surface area (Å²) >= 11 is 0. The van der Waals surface area contributed by atoms with Crippen molar-refractivity contribution in [2.24, 2.45) is 0 Å². The maximum Gasteiger partial charge on any atom is 0.242 e. The summed E-state index contributed by atoms with van der Waals surface area (Å²) in [6.45, 7) is 0.667. The zero-order valence-electron chi connectivity index (χ0n) is 11.3. The van der Waals surface area contributed by atoms with E-state index in [0.29, 0.717) is 24.9 Å². The van der Waals surface area contributed by atoms with Gasteiger partial charge >= 0.3 is 0 Å². The van der Waals surface area contributed by atoms with Gasteiger partial charge in [-0.1, -0.05) is 18.2 Å². The van der Waals surface area contributed by atoms with E-state index in [1.54, 1.807) is 18.2 Å². The summed E-state index contributed by atoms with van der Waals surface area (Å²) in [5.41, 5.74) is 0.521. The summed E-state index contributed by atoms with van der Waals surface area (Å²) in [6, 6.07) is 5.96. The van der Waals surface area contributed by atoms with Crippen molar-refractivity contribution in [1.29, 1.82) is 0 Å². The van der Waals surface area contributed by atoms with E-state index in [1.165, 1.54) is 6.07 Å². The average molecular weight is 278 g/mol. The van der Waals surface area contributed by atoms with Gasteiger partial charge in [0, 0.05) is 13.0 Å². The molecule has 1 saturated heterocycles. The van der Waals surface area contributed by atoms with Crippen molar-refractivity contribution in [3.63, 3.8) is 0 Å². The zero-order chi connectivity index (χ0) is 14.4. The lowest BCUT2D eigenvalue weighted by molar-refractivity contribution is -0.128. The molecule has 5 heteroatoms. The Hall–Kier alpha value is -1.91. The largest absolute Gasteiger partial charge is 0.354 e. The van der Waals surface area contributed by atoms with Crippen molar-refractivity contribution in [1.82, 2.24) is 10.6 Å². The predicted molar refractivity (Wildman–Crippen MR) is 73.5 cm³/mol. The Bertz CT molecular complexity index is 491. The minimum atomic E-state index is -0.453. The molecule has 0 saturated carbocycles. The predicted octanol–water partition coefficient (Wildman–Crippen LogP) is 1.54. The van der Waals surface area contributed by atoms with Gasteiger partial charge in [0.2, 0.25) is 11.8 Å². The molecule has 1 aliphatic heterocycles. The summed E-state index contributed by atoms with van der Waals surface area (Å²) < 4.78 is 13.4. The first-order chi connectivity index (χ1) is 9.66. The van der Waals surface area contributed by atoms with E-state index in [0.717, 1.165) is 12.8 Å². The number of carbonyl (C=O) groups is 2. The van der Waals surface area contributed by atoms with Gasteiger partial charge < -0.3 is 10.6 Å². The van der Waals surface area contributed by atoms with Crippen molar-refractivity contribution in [3.05, 3.63) is 35.6 Å². The molecule has 1 fully saturated rings. The zero-order valence-corrected chi connectivity index (χ0v) is 11.3. The summed E-state index contributed by atoms with van der Waals surface area (Å²) in [5, 5.41) is 5.49. The fourth-order valence-electron chi connectivity index (χ4n) is 2.29. The molecular formula is C15H19FN2O2. The molecule has 108 valence electrons. The minimum absolute atomic E-state index is 0.123. The monoisotopic (exact) mass is 278 g/mol. The molecule has 1 aromatic rings. The molecule has 1 unspecified atom stereocenters. The standard InChI is InChI=1S/C15H19FN2O2/c16-12-6-2-1-5-11(12)8-9-14(19)18-13-7-3-4-10-17-15(13)20/h1-2,5-6,13H,3-4,7-10H2,(H,17,20)(H,18,19). The Labute approximate surface area is 117 Å². The van der Waals surface area contributed by atoms with Crippen LogP contribution in [0.2, 0.25) is 0 Å². The Balaban J connectivity index is 1.83. The molecule has 1 heterocycles. The SMILES string of the molecule is O=C(CCc1ccccc1F)NC1CCCCNC1=O.